The van der Waals surface area contributed by atoms with Gasteiger partial charge in [-0.25, -0.2) is 9.97 Å². The number of hydrogen-bond acceptors (Lipinski definition) is 4. The monoisotopic (exact) mass is 169 g/mol. The lowest BCUT2D eigenvalue weighted by Crippen LogP contribution is -1.97. The molecule has 0 unspecified atom stereocenters. The van der Waals surface area contributed by atoms with E-state index in [1.54, 1.807) is 18.0 Å². The molecule has 0 bridgehead atoms. The van der Waals surface area contributed by atoms with Gasteiger partial charge in [0, 0.05) is 6.20 Å². The maximum atomic E-state index is 5.42. The van der Waals surface area contributed by atoms with Gasteiger partial charge in [-0.2, -0.15) is 0 Å². The van der Waals surface area contributed by atoms with E-state index in [-0.39, 0.29) is 0 Å². The Bertz CT molecular complexity index is 249. The van der Waals surface area contributed by atoms with Crippen molar-refractivity contribution >= 4 is 17.7 Å². The number of aromatic nitrogens is 2. The van der Waals surface area contributed by atoms with Crippen LogP contribution in [0.25, 0.3) is 0 Å². The predicted octanol–water partition coefficient (Wildman–Crippen LogP) is 1.48. The zero-order valence-electron chi connectivity index (χ0n) is 6.66. The molecule has 0 aliphatic rings. The zero-order chi connectivity index (χ0) is 8.27. The van der Waals surface area contributed by atoms with Crippen molar-refractivity contribution in [2.75, 3.05) is 11.5 Å². The van der Waals surface area contributed by atoms with E-state index in [9.17, 15) is 0 Å². The van der Waals surface area contributed by atoms with Crippen LogP contribution in [-0.2, 0) is 0 Å². The summed E-state index contributed by atoms with van der Waals surface area (Å²) < 4.78 is 0. The lowest BCUT2D eigenvalue weighted by Gasteiger charge is -2.01. The van der Waals surface area contributed by atoms with Gasteiger partial charge in [-0.1, -0.05) is 6.92 Å². The van der Waals surface area contributed by atoms with E-state index in [0.717, 1.165) is 16.3 Å². The normalized spacial score (nSPS) is 10.0. The number of nitrogens with two attached hydrogens (primary N) is 1. The number of nitrogen functional groups attached to an aromatic ring is 1. The fraction of sp³-hybridized carbons (Fsp3) is 0.429. The molecule has 0 aromatic carbocycles. The van der Waals surface area contributed by atoms with Crippen LogP contribution in [0.15, 0.2) is 11.2 Å². The lowest BCUT2D eigenvalue weighted by molar-refractivity contribution is 1.02. The molecule has 0 amide bonds. The van der Waals surface area contributed by atoms with Crippen LogP contribution in [0, 0.1) is 6.92 Å². The first kappa shape index (κ1) is 8.33. The Hall–Kier alpha value is -0.770. The molecule has 0 fully saturated rings. The molecule has 4 heteroatoms. The minimum Gasteiger partial charge on any atom is -0.368 e. The number of thioether (sulfide) groups is 1. The largest absolute Gasteiger partial charge is 0.368 e. The average molecular weight is 169 g/mol. The highest BCUT2D eigenvalue weighted by atomic mass is 32.2. The highest BCUT2D eigenvalue weighted by Gasteiger charge is 1.99. The van der Waals surface area contributed by atoms with Gasteiger partial charge in [-0.05, 0) is 18.2 Å². The predicted molar refractivity (Wildman–Crippen MR) is 47.6 cm³/mol. The average Bonchev–Trinajstić information content (AvgIpc) is 1.98. The third kappa shape index (κ3) is 2.08. The topological polar surface area (TPSA) is 51.8 Å². The summed E-state index contributed by atoms with van der Waals surface area (Å²) in [6.07, 6.45) is 1.75. The Balaban J connectivity index is 2.93. The molecule has 60 valence electrons. The van der Waals surface area contributed by atoms with Crippen LogP contribution in [0.4, 0.5) is 5.95 Å². The van der Waals surface area contributed by atoms with Gasteiger partial charge in [-0.3, -0.25) is 0 Å². The van der Waals surface area contributed by atoms with Crippen molar-refractivity contribution in [1.29, 1.82) is 0 Å². The molecular formula is C7H11N3S. The van der Waals surface area contributed by atoms with Crippen LogP contribution in [0.3, 0.4) is 0 Å². The van der Waals surface area contributed by atoms with E-state index < -0.39 is 0 Å². The first-order valence-electron chi connectivity index (χ1n) is 3.46. The molecule has 3 nitrogen and oxygen atoms in total. The number of aryl methyl sites for hydroxylation is 1. The molecule has 1 aromatic heterocycles. The van der Waals surface area contributed by atoms with Gasteiger partial charge in [-0.15, -0.1) is 11.8 Å². The van der Waals surface area contributed by atoms with Gasteiger partial charge in [0.2, 0.25) is 5.95 Å². The van der Waals surface area contributed by atoms with E-state index >= 15 is 0 Å². The van der Waals surface area contributed by atoms with Crippen LogP contribution in [0.2, 0.25) is 0 Å². The maximum Gasteiger partial charge on any atom is 0.221 e. The summed E-state index contributed by atoms with van der Waals surface area (Å²) in [4.78, 5) is 7.97. The van der Waals surface area contributed by atoms with Gasteiger partial charge in [0.25, 0.3) is 0 Å². The second-order valence-electron chi connectivity index (χ2n) is 2.15. The van der Waals surface area contributed by atoms with Crippen molar-refractivity contribution in [2.45, 2.75) is 18.9 Å². The molecule has 0 radical (unpaired) electrons. The van der Waals surface area contributed by atoms with E-state index in [2.05, 4.69) is 16.9 Å². The summed E-state index contributed by atoms with van der Waals surface area (Å²) in [6, 6.07) is 0. The van der Waals surface area contributed by atoms with Gasteiger partial charge < -0.3 is 5.73 Å². The standard InChI is InChI=1S/C7H11N3S/c1-3-11-6-5(2)4-9-7(8)10-6/h4H,3H2,1-2H3,(H2,8,9,10). The summed E-state index contributed by atoms with van der Waals surface area (Å²) >= 11 is 1.68. The quantitative estimate of drug-likeness (QED) is 0.538. The molecule has 1 rings (SSSR count). The number of nitrogens with zero attached hydrogens (tertiary/aromatic N) is 2. The Kier molecular flexibility index (Phi) is 2.70. The SMILES string of the molecule is CCSc1nc(N)ncc1C. The molecule has 0 aliphatic carbocycles. The summed E-state index contributed by atoms with van der Waals surface area (Å²) in [5.41, 5.74) is 6.51. The molecule has 11 heavy (non-hydrogen) atoms. The highest BCUT2D eigenvalue weighted by Crippen LogP contribution is 2.18. The third-order valence-corrected chi connectivity index (χ3v) is 2.20. The van der Waals surface area contributed by atoms with Crippen molar-refractivity contribution < 1.29 is 0 Å². The smallest absolute Gasteiger partial charge is 0.221 e. The lowest BCUT2D eigenvalue weighted by atomic mass is 10.4. The summed E-state index contributed by atoms with van der Waals surface area (Å²) in [7, 11) is 0. The Labute approximate surface area is 70.4 Å². The molecule has 0 aliphatic heterocycles. The molecule has 0 saturated heterocycles. The maximum absolute atomic E-state index is 5.42. The molecule has 1 heterocycles. The minimum atomic E-state index is 0.353. The van der Waals surface area contributed by atoms with E-state index in [4.69, 9.17) is 5.73 Å². The molecule has 1 aromatic rings. The van der Waals surface area contributed by atoms with Crippen LogP contribution >= 0.6 is 11.8 Å². The van der Waals surface area contributed by atoms with Gasteiger partial charge in [0.15, 0.2) is 0 Å². The zero-order valence-corrected chi connectivity index (χ0v) is 7.48. The first-order valence-corrected chi connectivity index (χ1v) is 4.44. The molecule has 2 N–H and O–H groups in total. The summed E-state index contributed by atoms with van der Waals surface area (Å²) in [5.74, 6) is 1.36. The number of rotatable bonds is 2. The molecule has 0 saturated carbocycles. The first-order chi connectivity index (χ1) is 5.24. The van der Waals surface area contributed by atoms with Crippen molar-refractivity contribution in [1.82, 2.24) is 9.97 Å². The Morgan fingerprint density at radius 3 is 3.00 bits per heavy atom. The van der Waals surface area contributed by atoms with Gasteiger partial charge in [0.1, 0.15) is 5.03 Å². The number of anilines is 1. The van der Waals surface area contributed by atoms with Crippen molar-refractivity contribution in [3.63, 3.8) is 0 Å². The Morgan fingerprint density at radius 2 is 2.36 bits per heavy atom. The second kappa shape index (κ2) is 3.57. The van der Waals surface area contributed by atoms with Crippen molar-refractivity contribution in [3.8, 4) is 0 Å². The fourth-order valence-corrected chi connectivity index (χ4v) is 1.43. The minimum absolute atomic E-state index is 0.353. The van der Waals surface area contributed by atoms with E-state index in [1.807, 2.05) is 6.92 Å². The van der Waals surface area contributed by atoms with Crippen LogP contribution < -0.4 is 5.73 Å². The number of hydrogen-bond donors (Lipinski definition) is 1. The molecule has 0 spiro atoms. The van der Waals surface area contributed by atoms with Crippen LogP contribution in [0.5, 0.6) is 0 Å². The van der Waals surface area contributed by atoms with Crippen molar-refractivity contribution in [2.24, 2.45) is 0 Å². The van der Waals surface area contributed by atoms with E-state index in [0.29, 0.717) is 5.95 Å². The third-order valence-electron chi connectivity index (χ3n) is 1.22. The second-order valence-corrected chi connectivity index (χ2v) is 3.40. The highest BCUT2D eigenvalue weighted by molar-refractivity contribution is 7.99. The molecular weight excluding hydrogens is 158 g/mol. The van der Waals surface area contributed by atoms with E-state index in [1.165, 1.54) is 0 Å². The summed E-state index contributed by atoms with van der Waals surface area (Å²) in [5, 5.41) is 0.986. The van der Waals surface area contributed by atoms with Crippen LogP contribution in [0.1, 0.15) is 12.5 Å². The Morgan fingerprint density at radius 1 is 1.64 bits per heavy atom. The van der Waals surface area contributed by atoms with Crippen molar-refractivity contribution in [3.05, 3.63) is 11.8 Å². The molecule has 0 atom stereocenters. The van der Waals surface area contributed by atoms with Gasteiger partial charge in [0.05, 0.1) is 0 Å². The summed E-state index contributed by atoms with van der Waals surface area (Å²) in [6.45, 7) is 4.07. The fourth-order valence-electron chi connectivity index (χ4n) is 0.722. The van der Waals surface area contributed by atoms with Crippen LogP contribution in [-0.4, -0.2) is 15.7 Å². The van der Waals surface area contributed by atoms with Gasteiger partial charge >= 0.3 is 0 Å².